The van der Waals surface area contributed by atoms with Crippen molar-refractivity contribution in [3.05, 3.63) is 78.4 Å². The highest BCUT2D eigenvalue weighted by molar-refractivity contribution is 7.97. The van der Waals surface area contributed by atoms with E-state index in [0.29, 0.717) is 5.84 Å². The van der Waals surface area contributed by atoms with Gasteiger partial charge in [0, 0.05) is 28.9 Å². The summed E-state index contributed by atoms with van der Waals surface area (Å²) in [5.41, 5.74) is 11.2. The number of amidine groups is 1. The number of hydrogen-bond acceptors (Lipinski definition) is 6. The van der Waals surface area contributed by atoms with Gasteiger partial charge in [0.2, 0.25) is 0 Å². The van der Waals surface area contributed by atoms with E-state index in [1.54, 1.807) is 19.0 Å². The van der Waals surface area contributed by atoms with Crippen LogP contribution in [0.15, 0.2) is 82.8 Å². The van der Waals surface area contributed by atoms with Gasteiger partial charge in [0.15, 0.2) is 5.84 Å². The molecule has 0 aliphatic carbocycles. The lowest BCUT2D eigenvalue weighted by atomic mass is 10.1. The SMILES string of the molecule is CN(N)/N=C(\N)c1cc(SN(C)C)ccc1Nc1ccc(-c2ccccc2)cc1. The molecule has 3 rings (SSSR count). The van der Waals surface area contributed by atoms with Gasteiger partial charge in [0.1, 0.15) is 0 Å². The van der Waals surface area contributed by atoms with Gasteiger partial charge in [-0.3, -0.25) is 4.31 Å². The Balaban J connectivity index is 1.89. The predicted octanol–water partition coefficient (Wildman–Crippen LogP) is 4.09. The van der Waals surface area contributed by atoms with Gasteiger partial charge in [-0.05, 0) is 67.5 Å². The molecule has 7 heteroatoms. The number of hydrogen-bond donors (Lipinski definition) is 3. The summed E-state index contributed by atoms with van der Waals surface area (Å²) in [6.07, 6.45) is 0. The molecule has 0 saturated carbocycles. The molecule has 0 saturated heterocycles. The van der Waals surface area contributed by atoms with E-state index in [1.165, 1.54) is 16.2 Å². The average molecular weight is 407 g/mol. The maximum Gasteiger partial charge on any atom is 0.154 e. The number of nitrogens with one attached hydrogen (secondary N) is 1. The molecule has 0 heterocycles. The maximum atomic E-state index is 6.22. The fourth-order valence-corrected chi connectivity index (χ4v) is 3.59. The van der Waals surface area contributed by atoms with E-state index in [0.717, 1.165) is 21.8 Å². The Kier molecular flexibility index (Phi) is 6.77. The summed E-state index contributed by atoms with van der Waals surface area (Å²) in [6, 6.07) is 24.7. The first-order valence-corrected chi connectivity index (χ1v) is 9.94. The second-order valence-corrected chi connectivity index (χ2v) is 8.12. The van der Waals surface area contributed by atoms with E-state index < -0.39 is 0 Å². The van der Waals surface area contributed by atoms with Crippen LogP contribution >= 0.6 is 11.9 Å². The van der Waals surface area contributed by atoms with Gasteiger partial charge < -0.3 is 11.1 Å². The van der Waals surface area contributed by atoms with Crippen LogP contribution in [0.1, 0.15) is 5.56 Å². The third-order valence-electron chi connectivity index (χ3n) is 4.09. The van der Waals surface area contributed by atoms with Crippen molar-refractivity contribution in [1.82, 2.24) is 9.42 Å². The molecule has 29 heavy (non-hydrogen) atoms. The van der Waals surface area contributed by atoms with Gasteiger partial charge in [0.05, 0.1) is 0 Å². The van der Waals surface area contributed by atoms with E-state index in [4.69, 9.17) is 11.6 Å². The standard InChI is InChI=1S/C22H26N6S/c1-27(2)29-19-13-14-21(20(15-19)22(23)26-28(3)24)25-18-11-9-17(10-12-18)16-7-5-4-6-8-16/h4-15,25H,24H2,1-3H3,(H2,23,26). The van der Waals surface area contributed by atoms with Crippen LogP contribution in [0.3, 0.4) is 0 Å². The molecule has 0 spiro atoms. The summed E-state index contributed by atoms with van der Waals surface area (Å²) >= 11 is 1.61. The first-order valence-electron chi connectivity index (χ1n) is 9.17. The van der Waals surface area contributed by atoms with Gasteiger partial charge >= 0.3 is 0 Å². The molecule has 150 valence electrons. The summed E-state index contributed by atoms with van der Waals surface area (Å²) in [6.45, 7) is 0. The zero-order valence-electron chi connectivity index (χ0n) is 16.8. The minimum Gasteiger partial charge on any atom is -0.382 e. The van der Waals surface area contributed by atoms with Crippen molar-refractivity contribution in [2.24, 2.45) is 16.7 Å². The zero-order chi connectivity index (χ0) is 20.8. The normalized spacial score (nSPS) is 11.6. The molecule has 3 aromatic carbocycles. The molecular formula is C22H26N6S. The highest BCUT2D eigenvalue weighted by atomic mass is 32.2. The minimum absolute atomic E-state index is 0.347. The number of rotatable bonds is 7. The molecule has 5 N–H and O–H groups in total. The molecule has 0 bridgehead atoms. The summed E-state index contributed by atoms with van der Waals surface area (Å²) in [5.74, 6) is 6.00. The molecule has 0 amide bonds. The number of hydrazone groups is 1. The Hall–Kier alpha value is -3.00. The van der Waals surface area contributed by atoms with Gasteiger partial charge in [-0.15, -0.1) is 5.10 Å². The van der Waals surface area contributed by atoms with Gasteiger partial charge in [-0.1, -0.05) is 42.5 Å². The van der Waals surface area contributed by atoms with E-state index in [2.05, 4.69) is 46.8 Å². The Bertz CT molecular complexity index is 968. The molecule has 6 nitrogen and oxygen atoms in total. The first-order chi connectivity index (χ1) is 13.9. The highest BCUT2D eigenvalue weighted by Crippen LogP contribution is 2.29. The second kappa shape index (κ2) is 9.47. The molecule has 3 aromatic rings. The number of hydrazine groups is 1. The van der Waals surface area contributed by atoms with Crippen molar-refractivity contribution in [1.29, 1.82) is 0 Å². The van der Waals surface area contributed by atoms with Crippen LogP contribution in [0.5, 0.6) is 0 Å². The topological polar surface area (TPSA) is 82.9 Å². The van der Waals surface area contributed by atoms with E-state index in [9.17, 15) is 0 Å². The first kappa shape index (κ1) is 20.7. The van der Waals surface area contributed by atoms with Crippen LogP contribution in [0.4, 0.5) is 11.4 Å². The lowest BCUT2D eigenvalue weighted by Crippen LogP contribution is -2.26. The number of benzene rings is 3. The fourth-order valence-electron chi connectivity index (χ4n) is 2.87. The molecule has 0 aliphatic rings. The molecule has 0 aromatic heterocycles. The quantitative estimate of drug-likeness (QED) is 0.180. The van der Waals surface area contributed by atoms with E-state index in [-0.39, 0.29) is 0 Å². The summed E-state index contributed by atoms with van der Waals surface area (Å²) in [4.78, 5) is 1.06. The lowest BCUT2D eigenvalue weighted by molar-refractivity contribution is 0.371. The molecule has 0 atom stereocenters. The summed E-state index contributed by atoms with van der Waals surface area (Å²) in [7, 11) is 5.63. The van der Waals surface area contributed by atoms with Gasteiger partial charge in [-0.25, -0.2) is 11.0 Å². The highest BCUT2D eigenvalue weighted by Gasteiger charge is 2.11. The van der Waals surface area contributed by atoms with Crippen LogP contribution < -0.4 is 16.9 Å². The molecule has 0 fully saturated rings. The maximum absolute atomic E-state index is 6.22. The van der Waals surface area contributed by atoms with Crippen molar-refractivity contribution in [2.75, 3.05) is 26.5 Å². The van der Waals surface area contributed by atoms with Gasteiger partial charge in [-0.2, -0.15) is 0 Å². The second-order valence-electron chi connectivity index (χ2n) is 6.74. The Morgan fingerprint density at radius 3 is 2.17 bits per heavy atom. The Labute approximate surface area is 176 Å². The van der Waals surface area contributed by atoms with Crippen molar-refractivity contribution in [3.8, 4) is 11.1 Å². The number of anilines is 2. The summed E-state index contributed by atoms with van der Waals surface area (Å²) < 4.78 is 2.02. The smallest absolute Gasteiger partial charge is 0.154 e. The molecule has 0 unspecified atom stereocenters. The molecule has 0 aliphatic heterocycles. The van der Waals surface area contributed by atoms with Crippen LogP contribution in [-0.2, 0) is 0 Å². The van der Waals surface area contributed by atoms with Crippen molar-refractivity contribution in [3.63, 3.8) is 0 Å². The van der Waals surface area contributed by atoms with Crippen molar-refractivity contribution >= 4 is 29.2 Å². The molecular weight excluding hydrogens is 380 g/mol. The summed E-state index contributed by atoms with van der Waals surface area (Å²) in [5, 5.41) is 8.82. The van der Waals surface area contributed by atoms with Gasteiger partial charge in [0.25, 0.3) is 0 Å². The average Bonchev–Trinajstić information content (AvgIpc) is 2.69. The van der Waals surface area contributed by atoms with Crippen LogP contribution in [0, 0.1) is 0 Å². The van der Waals surface area contributed by atoms with Crippen LogP contribution in [0.2, 0.25) is 0 Å². The van der Waals surface area contributed by atoms with E-state index in [1.807, 2.05) is 54.8 Å². The lowest BCUT2D eigenvalue weighted by Gasteiger charge is -2.16. The largest absolute Gasteiger partial charge is 0.382 e. The van der Waals surface area contributed by atoms with Crippen molar-refractivity contribution < 1.29 is 0 Å². The number of nitrogens with zero attached hydrogens (tertiary/aromatic N) is 3. The third kappa shape index (κ3) is 5.74. The Morgan fingerprint density at radius 1 is 0.897 bits per heavy atom. The number of nitrogens with two attached hydrogens (primary N) is 2. The van der Waals surface area contributed by atoms with Crippen LogP contribution in [-0.4, -0.2) is 36.4 Å². The fraction of sp³-hybridized carbons (Fsp3) is 0.136. The predicted molar refractivity (Wildman–Crippen MR) is 124 cm³/mol. The monoisotopic (exact) mass is 406 g/mol. The van der Waals surface area contributed by atoms with Crippen LogP contribution in [0.25, 0.3) is 11.1 Å². The third-order valence-corrected chi connectivity index (χ3v) is 4.92. The van der Waals surface area contributed by atoms with Crippen molar-refractivity contribution in [2.45, 2.75) is 4.90 Å². The van der Waals surface area contributed by atoms with E-state index >= 15 is 0 Å². The molecule has 0 radical (unpaired) electrons. The minimum atomic E-state index is 0.347. The Morgan fingerprint density at radius 2 is 1.55 bits per heavy atom. The zero-order valence-corrected chi connectivity index (χ0v) is 17.6.